The summed E-state index contributed by atoms with van der Waals surface area (Å²) in [6, 6.07) is -0.422. The van der Waals surface area contributed by atoms with E-state index in [1.54, 1.807) is 4.90 Å². The third kappa shape index (κ3) is 4.51. The van der Waals surface area contributed by atoms with E-state index in [9.17, 15) is 14.4 Å². The van der Waals surface area contributed by atoms with Crippen molar-refractivity contribution in [3.05, 3.63) is 0 Å². The summed E-state index contributed by atoms with van der Waals surface area (Å²) in [5.74, 6) is -0.779. The van der Waals surface area contributed by atoms with Gasteiger partial charge >= 0.3 is 12.0 Å². The molecular weight excluding hydrogens is 260 g/mol. The van der Waals surface area contributed by atoms with Crippen LogP contribution in [0, 0.1) is 17.3 Å². The summed E-state index contributed by atoms with van der Waals surface area (Å²) in [5, 5.41) is 11.3. The number of piperidine rings is 1. The number of carbonyl (C=O) groups is 3. The first-order chi connectivity index (χ1) is 9.11. The number of likely N-dealkylation sites (tertiary alicyclic amines) is 1. The van der Waals surface area contributed by atoms with E-state index in [-0.39, 0.29) is 6.42 Å². The number of aliphatic carboxylic acids is 1. The van der Waals surface area contributed by atoms with E-state index in [4.69, 9.17) is 5.11 Å². The Hall–Kier alpha value is -1.59. The Balaban J connectivity index is 2.53. The van der Waals surface area contributed by atoms with E-state index in [0.29, 0.717) is 24.9 Å². The number of nitrogens with one attached hydrogen (secondary N) is 1. The maximum atomic E-state index is 12.0. The first kappa shape index (κ1) is 16.5. The molecule has 6 nitrogen and oxygen atoms in total. The van der Waals surface area contributed by atoms with Gasteiger partial charge in [0.25, 0.3) is 0 Å². The molecule has 1 aliphatic rings. The third-order valence-electron chi connectivity index (χ3n) is 3.58. The molecule has 6 heteroatoms. The lowest BCUT2D eigenvalue weighted by Gasteiger charge is -2.34. The van der Waals surface area contributed by atoms with Crippen LogP contribution in [0.25, 0.3) is 0 Å². The van der Waals surface area contributed by atoms with Crippen molar-refractivity contribution in [2.24, 2.45) is 17.3 Å². The van der Waals surface area contributed by atoms with Crippen molar-refractivity contribution in [1.82, 2.24) is 10.2 Å². The number of hydrogen-bond acceptors (Lipinski definition) is 3. The zero-order chi connectivity index (χ0) is 15.5. The minimum absolute atomic E-state index is 0.215. The van der Waals surface area contributed by atoms with Crippen molar-refractivity contribution in [2.75, 3.05) is 13.1 Å². The molecule has 0 radical (unpaired) electrons. The topological polar surface area (TPSA) is 86.7 Å². The standard InChI is InChI=1S/C14H24N2O4/c1-9-5-10(2)8-16(7-9)13(20)15-11(17)6-14(3,4)12(18)19/h9-10H,5-8H2,1-4H3,(H,18,19)(H,15,17,20). The summed E-state index contributed by atoms with van der Waals surface area (Å²) in [6.07, 6.45) is 0.858. The number of imide groups is 1. The van der Waals surface area contributed by atoms with Crippen LogP contribution >= 0.6 is 0 Å². The Morgan fingerprint density at radius 2 is 1.70 bits per heavy atom. The summed E-state index contributed by atoms with van der Waals surface area (Å²) < 4.78 is 0. The number of urea groups is 1. The van der Waals surface area contributed by atoms with Crippen LogP contribution in [0.2, 0.25) is 0 Å². The third-order valence-corrected chi connectivity index (χ3v) is 3.58. The van der Waals surface area contributed by atoms with Gasteiger partial charge in [-0.2, -0.15) is 0 Å². The number of rotatable bonds is 3. The van der Waals surface area contributed by atoms with Crippen LogP contribution in [0.15, 0.2) is 0 Å². The van der Waals surface area contributed by atoms with Crippen LogP contribution in [-0.4, -0.2) is 41.0 Å². The minimum Gasteiger partial charge on any atom is -0.481 e. The maximum Gasteiger partial charge on any atom is 0.324 e. The number of carboxylic acids is 1. The van der Waals surface area contributed by atoms with Crippen molar-refractivity contribution < 1.29 is 19.5 Å². The molecule has 1 heterocycles. The van der Waals surface area contributed by atoms with E-state index < -0.39 is 23.3 Å². The fourth-order valence-corrected chi connectivity index (χ4v) is 2.55. The predicted molar refractivity (Wildman–Crippen MR) is 74.1 cm³/mol. The average molecular weight is 284 g/mol. The first-order valence-electron chi connectivity index (χ1n) is 6.94. The fraction of sp³-hybridized carbons (Fsp3) is 0.786. The zero-order valence-electron chi connectivity index (χ0n) is 12.6. The molecule has 2 atom stereocenters. The number of amides is 3. The molecular formula is C14H24N2O4. The molecule has 0 aromatic rings. The molecule has 20 heavy (non-hydrogen) atoms. The molecule has 1 rings (SSSR count). The molecule has 0 bridgehead atoms. The highest BCUT2D eigenvalue weighted by Gasteiger charge is 2.32. The van der Waals surface area contributed by atoms with Crippen molar-refractivity contribution in [3.63, 3.8) is 0 Å². The second kappa shape index (κ2) is 6.24. The molecule has 1 aliphatic heterocycles. The first-order valence-corrected chi connectivity index (χ1v) is 6.94. The van der Waals surface area contributed by atoms with Crippen molar-refractivity contribution in [3.8, 4) is 0 Å². The van der Waals surface area contributed by atoms with Gasteiger partial charge in [0.1, 0.15) is 0 Å². The highest BCUT2D eigenvalue weighted by atomic mass is 16.4. The second-order valence-corrected chi connectivity index (χ2v) is 6.57. The van der Waals surface area contributed by atoms with Crippen LogP contribution in [0.1, 0.15) is 40.5 Å². The zero-order valence-corrected chi connectivity index (χ0v) is 12.6. The van der Waals surface area contributed by atoms with Gasteiger partial charge < -0.3 is 10.0 Å². The van der Waals surface area contributed by atoms with Crippen molar-refractivity contribution in [1.29, 1.82) is 0 Å². The summed E-state index contributed by atoms with van der Waals surface area (Å²) >= 11 is 0. The molecule has 2 N–H and O–H groups in total. The Kier molecular flexibility index (Phi) is 5.14. The second-order valence-electron chi connectivity index (χ2n) is 6.57. The molecule has 0 aromatic carbocycles. The van der Waals surface area contributed by atoms with E-state index in [1.165, 1.54) is 13.8 Å². The van der Waals surface area contributed by atoms with Crippen LogP contribution < -0.4 is 5.32 Å². The molecule has 0 spiro atoms. The normalized spacial score (nSPS) is 23.3. The number of carbonyl (C=O) groups excluding carboxylic acids is 2. The van der Waals surface area contributed by atoms with E-state index in [2.05, 4.69) is 19.2 Å². The molecule has 3 amide bonds. The Morgan fingerprint density at radius 1 is 1.20 bits per heavy atom. The molecule has 0 aromatic heterocycles. The average Bonchev–Trinajstić information content (AvgIpc) is 2.26. The predicted octanol–water partition coefficient (Wildman–Crippen LogP) is 1.70. The Morgan fingerprint density at radius 3 is 2.15 bits per heavy atom. The van der Waals surface area contributed by atoms with Gasteiger partial charge in [-0.1, -0.05) is 13.8 Å². The molecule has 114 valence electrons. The summed E-state index contributed by atoms with van der Waals surface area (Å²) in [5.41, 5.74) is -1.17. The largest absolute Gasteiger partial charge is 0.481 e. The number of carboxylic acid groups (broad SMARTS) is 1. The molecule has 1 saturated heterocycles. The van der Waals surface area contributed by atoms with Crippen LogP contribution in [0.3, 0.4) is 0 Å². The lowest BCUT2D eigenvalue weighted by molar-refractivity contribution is -0.149. The van der Waals surface area contributed by atoms with Gasteiger partial charge in [-0.15, -0.1) is 0 Å². The van der Waals surface area contributed by atoms with Crippen LogP contribution in [-0.2, 0) is 9.59 Å². The lowest BCUT2D eigenvalue weighted by atomic mass is 9.89. The van der Waals surface area contributed by atoms with Crippen LogP contribution in [0.5, 0.6) is 0 Å². The summed E-state index contributed by atoms with van der Waals surface area (Å²) in [6.45, 7) is 8.34. The number of hydrogen-bond donors (Lipinski definition) is 2. The molecule has 0 saturated carbocycles. The van der Waals surface area contributed by atoms with Crippen molar-refractivity contribution >= 4 is 17.9 Å². The fourth-order valence-electron chi connectivity index (χ4n) is 2.55. The molecule has 0 aliphatic carbocycles. The van der Waals surface area contributed by atoms with Gasteiger partial charge in [-0.3, -0.25) is 14.9 Å². The van der Waals surface area contributed by atoms with Gasteiger partial charge in [-0.05, 0) is 32.1 Å². The smallest absolute Gasteiger partial charge is 0.324 e. The summed E-state index contributed by atoms with van der Waals surface area (Å²) in [4.78, 5) is 36.3. The SMILES string of the molecule is CC1CC(C)CN(C(=O)NC(=O)CC(C)(C)C(=O)O)C1. The highest BCUT2D eigenvalue weighted by Crippen LogP contribution is 2.22. The van der Waals surface area contributed by atoms with Crippen molar-refractivity contribution in [2.45, 2.75) is 40.5 Å². The number of nitrogens with zero attached hydrogens (tertiary/aromatic N) is 1. The van der Waals surface area contributed by atoms with E-state index in [0.717, 1.165) is 6.42 Å². The van der Waals surface area contributed by atoms with Gasteiger partial charge in [-0.25, -0.2) is 4.79 Å². The molecule has 1 fully saturated rings. The Labute approximate surface area is 119 Å². The minimum atomic E-state index is -1.17. The van der Waals surface area contributed by atoms with Gasteiger partial charge in [0.2, 0.25) is 5.91 Å². The van der Waals surface area contributed by atoms with E-state index >= 15 is 0 Å². The Bertz CT molecular complexity index is 396. The van der Waals surface area contributed by atoms with Crippen LogP contribution in [0.4, 0.5) is 4.79 Å². The van der Waals surface area contributed by atoms with E-state index in [1.807, 2.05) is 0 Å². The van der Waals surface area contributed by atoms with Gasteiger partial charge in [0.15, 0.2) is 0 Å². The maximum absolute atomic E-state index is 12.0. The summed E-state index contributed by atoms with van der Waals surface area (Å²) in [7, 11) is 0. The van der Waals surface area contributed by atoms with Gasteiger partial charge in [0, 0.05) is 19.5 Å². The highest BCUT2D eigenvalue weighted by molar-refractivity contribution is 5.96. The quantitative estimate of drug-likeness (QED) is 0.826. The monoisotopic (exact) mass is 284 g/mol. The van der Waals surface area contributed by atoms with Gasteiger partial charge in [0.05, 0.1) is 5.41 Å². The lowest BCUT2D eigenvalue weighted by Crippen LogP contribution is -2.49. The molecule has 2 unspecified atom stereocenters.